The van der Waals surface area contributed by atoms with Gasteiger partial charge in [-0.25, -0.2) is 4.79 Å². The average Bonchev–Trinajstić information content (AvgIpc) is 3.44. The zero-order valence-electron chi connectivity index (χ0n) is 17.0. The standard InChI is InChI=1S/C25H16N2O5/c1-30-25(29)21-9-7-15(32-21)13-31-14-6-8-20-19(12-14)17-10-11-26-22-16-4-2-3-5-18(16)24(28)27(20)23(17)22/h2-12H,13H2,1H3. The van der Waals surface area contributed by atoms with E-state index in [-0.39, 0.29) is 17.9 Å². The van der Waals surface area contributed by atoms with Crippen molar-refractivity contribution in [2.24, 2.45) is 0 Å². The van der Waals surface area contributed by atoms with Crippen molar-refractivity contribution < 1.29 is 18.7 Å². The monoisotopic (exact) mass is 424 g/mol. The van der Waals surface area contributed by atoms with Crippen molar-refractivity contribution in [3.8, 4) is 5.75 Å². The number of carbonyl (C=O) groups is 1. The Morgan fingerprint density at radius 3 is 2.69 bits per heavy atom. The molecule has 0 aliphatic carbocycles. The van der Waals surface area contributed by atoms with E-state index in [4.69, 9.17) is 9.15 Å². The third kappa shape index (κ3) is 2.58. The quantitative estimate of drug-likeness (QED) is 0.305. The molecule has 0 aliphatic heterocycles. The maximum Gasteiger partial charge on any atom is 0.373 e. The summed E-state index contributed by atoms with van der Waals surface area (Å²) in [6.07, 6.45) is 1.76. The molecule has 6 rings (SSSR count). The van der Waals surface area contributed by atoms with E-state index in [2.05, 4.69) is 9.72 Å². The number of methoxy groups -OCH3 is 1. The summed E-state index contributed by atoms with van der Waals surface area (Å²) in [5.41, 5.74) is 2.33. The molecule has 0 saturated heterocycles. The fourth-order valence-corrected chi connectivity index (χ4v) is 4.26. The highest BCUT2D eigenvalue weighted by molar-refractivity contribution is 6.18. The van der Waals surface area contributed by atoms with Crippen molar-refractivity contribution in [2.45, 2.75) is 6.61 Å². The van der Waals surface area contributed by atoms with Crippen LogP contribution in [0.25, 0.3) is 38.1 Å². The number of nitrogens with zero attached hydrogens (tertiary/aromatic N) is 2. The SMILES string of the molecule is COC(=O)c1ccc(COc2ccc3c(c2)c2ccnc4c5ccccc5c(=O)n3c24)o1. The molecule has 0 saturated carbocycles. The zero-order valence-corrected chi connectivity index (χ0v) is 17.0. The molecule has 0 unspecified atom stereocenters. The maximum absolute atomic E-state index is 13.3. The molecule has 0 bridgehead atoms. The summed E-state index contributed by atoms with van der Waals surface area (Å²) in [7, 11) is 1.30. The molecular weight excluding hydrogens is 408 g/mol. The summed E-state index contributed by atoms with van der Waals surface area (Å²) in [5.74, 6) is 0.713. The van der Waals surface area contributed by atoms with Gasteiger partial charge in [-0.1, -0.05) is 18.2 Å². The molecule has 4 heterocycles. The first-order chi connectivity index (χ1) is 15.7. The van der Waals surface area contributed by atoms with E-state index in [1.807, 2.05) is 48.5 Å². The van der Waals surface area contributed by atoms with Crippen molar-refractivity contribution in [3.05, 3.63) is 88.7 Å². The van der Waals surface area contributed by atoms with Gasteiger partial charge in [-0.2, -0.15) is 0 Å². The number of rotatable bonds is 4. The van der Waals surface area contributed by atoms with Crippen LogP contribution >= 0.6 is 0 Å². The first-order valence-corrected chi connectivity index (χ1v) is 10.0. The number of aromatic nitrogens is 2. The van der Waals surface area contributed by atoms with E-state index < -0.39 is 5.97 Å². The number of furan rings is 1. The number of esters is 1. The van der Waals surface area contributed by atoms with E-state index in [0.717, 1.165) is 32.7 Å². The lowest BCUT2D eigenvalue weighted by Crippen LogP contribution is -2.13. The second kappa shape index (κ2) is 6.81. The minimum Gasteiger partial charge on any atom is -0.486 e. The fraction of sp³-hybridized carbons (Fsp3) is 0.0800. The number of ether oxygens (including phenoxy) is 2. The molecular formula is C25H16N2O5. The summed E-state index contributed by atoms with van der Waals surface area (Å²) in [6, 6.07) is 18.3. The van der Waals surface area contributed by atoms with Gasteiger partial charge in [0, 0.05) is 27.7 Å². The Hall–Kier alpha value is -4.39. The van der Waals surface area contributed by atoms with Crippen LogP contribution in [0.3, 0.4) is 0 Å². The molecule has 0 aliphatic rings. The van der Waals surface area contributed by atoms with Gasteiger partial charge in [-0.05, 0) is 42.5 Å². The van der Waals surface area contributed by atoms with E-state index in [9.17, 15) is 9.59 Å². The lowest BCUT2D eigenvalue weighted by atomic mass is 10.1. The average molecular weight is 424 g/mol. The molecule has 7 heteroatoms. The smallest absolute Gasteiger partial charge is 0.373 e. The molecule has 0 spiro atoms. The summed E-state index contributed by atoms with van der Waals surface area (Å²) in [5, 5.41) is 3.31. The molecule has 32 heavy (non-hydrogen) atoms. The largest absolute Gasteiger partial charge is 0.486 e. The van der Waals surface area contributed by atoms with Crippen LogP contribution in [-0.4, -0.2) is 22.5 Å². The van der Waals surface area contributed by atoms with Gasteiger partial charge in [0.2, 0.25) is 5.76 Å². The second-order valence-corrected chi connectivity index (χ2v) is 7.47. The van der Waals surface area contributed by atoms with Crippen LogP contribution in [0.4, 0.5) is 0 Å². The van der Waals surface area contributed by atoms with Crippen LogP contribution in [-0.2, 0) is 11.3 Å². The molecule has 0 atom stereocenters. The van der Waals surface area contributed by atoms with Gasteiger partial charge in [0.1, 0.15) is 18.1 Å². The lowest BCUT2D eigenvalue weighted by molar-refractivity contribution is 0.0561. The van der Waals surface area contributed by atoms with Crippen LogP contribution in [0.2, 0.25) is 0 Å². The van der Waals surface area contributed by atoms with E-state index in [0.29, 0.717) is 16.9 Å². The van der Waals surface area contributed by atoms with Crippen LogP contribution in [0.5, 0.6) is 5.75 Å². The predicted molar refractivity (Wildman–Crippen MR) is 120 cm³/mol. The molecule has 0 amide bonds. The third-order valence-corrected chi connectivity index (χ3v) is 5.69. The van der Waals surface area contributed by atoms with Gasteiger partial charge in [0.05, 0.1) is 23.7 Å². The van der Waals surface area contributed by atoms with Gasteiger partial charge in [0.15, 0.2) is 0 Å². The Bertz CT molecular complexity index is 1710. The Morgan fingerprint density at radius 1 is 1.00 bits per heavy atom. The van der Waals surface area contributed by atoms with Crippen molar-refractivity contribution in [2.75, 3.05) is 7.11 Å². The summed E-state index contributed by atoms with van der Waals surface area (Å²) >= 11 is 0. The Kier molecular flexibility index (Phi) is 3.91. The molecule has 156 valence electrons. The van der Waals surface area contributed by atoms with Gasteiger partial charge >= 0.3 is 5.97 Å². The van der Waals surface area contributed by atoms with Gasteiger partial charge in [-0.15, -0.1) is 0 Å². The van der Waals surface area contributed by atoms with E-state index in [1.54, 1.807) is 22.7 Å². The Labute approximate surface area is 180 Å². The zero-order chi connectivity index (χ0) is 21.8. The number of benzene rings is 2. The third-order valence-electron chi connectivity index (χ3n) is 5.69. The molecule has 0 N–H and O–H groups in total. The molecule has 6 aromatic rings. The number of fused-ring (bicyclic) bond motifs is 5. The van der Waals surface area contributed by atoms with Crippen molar-refractivity contribution in [1.82, 2.24) is 9.38 Å². The summed E-state index contributed by atoms with van der Waals surface area (Å²) < 4.78 is 17.7. The topological polar surface area (TPSA) is 83.0 Å². The molecule has 2 aromatic carbocycles. The van der Waals surface area contributed by atoms with Gasteiger partial charge in [-0.3, -0.25) is 14.2 Å². The van der Waals surface area contributed by atoms with Crippen LogP contribution in [0.1, 0.15) is 16.3 Å². The number of carbonyl (C=O) groups excluding carboxylic acids is 1. The molecule has 4 aromatic heterocycles. The number of pyridine rings is 2. The first kappa shape index (κ1) is 18.4. The fourth-order valence-electron chi connectivity index (χ4n) is 4.26. The number of hydrogen-bond donors (Lipinski definition) is 0. The Balaban J connectivity index is 1.47. The molecule has 0 fully saturated rings. The summed E-state index contributed by atoms with van der Waals surface area (Å²) in [6.45, 7) is 0.151. The highest BCUT2D eigenvalue weighted by atomic mass is 16.5. The van der Waals surface area contributed by atoms with Crippen LogP contribution in [0.15, 0.2) is 76.1 Å². The first-order valence-electron chi connectivity index (χ1n) is 10.0. The van der Waals surface area contributed by atoms with Crippen LogP contribution in [0, 0.1) is 0 Å². The summed E-state index contributed by atoms with van der Waals surface area (Å²) in [4.78, 5) is 29.4. The minimum atomic E-state index is -0.536. The minimum absolute atomic E-state index is 0.0688. The van der Waals surface area contributed by atoms with E-state index >= 15 is 0 Å². The normalized spacial score (nSPS) is 11.7. The van der Waals surface area contributed by atoms with Crippen LogP contribution < -0.4 is 10.3 Å². The highest BCUT2D eigenvalue weighted by Crippen LogP contribution is 2.34. The molecule has 0 radical (unpaired) electrons. The maximum atomic E-state index is 13.3. The van der Waals surface area contributed by atoms with Crippen molar-refractivity contribution >= 4 is 44.1 Å². The number of hydrogen-bond acceptors (Lipinski definition) is 6. The van der Waals surface area contributed by atoms with Gasteiger partial charge in [0.25, 0.3) is 5.56 Å². The highest BCUT2D eigenvalue weighted by Gasteiger charge is 2.18. The lowest BCUT2D eigenvalue weighted by Gasteiger charge is -2.05. The second-order valence-electron chi connectivity index (χ2n) is 7.47. The predicted octanol–water partition coefficient (Wildman–Crippen LogP) is 4.55. The van der Waals surface area contributed by atoms with Gasteiger partial charge < -0.3 is 13.9 Å². The Morgan fingerprint density at radius 2 is 1.84 bits per heavy atom. The molecule has 7 nitrogen and oxygen atoms in total. The van der Waals surface area contributed by atoms with Crippen molar-refractivity contribution in [1.29, 1.82) is 0 Å². The van der Waals surface area contributed by atoms with Crippen molar-refractivity contribution in [3.63, 3.8) is 0 Å². The van der Waals surface area contributed by atoms with E-state index in [1.165, 1.54) is 7.11 Å².